The molecule has 6 aliphatic rings. The molecule has 34 heavy (non-hydrogen) atoms. The fourth-order valence-electron chi connectivity index (χ4n) is 9.33. The summed E-state index contributed by atoms with van der Waals surface area (Å²) in [5.74, 6) is 0.360. The molecule has 9 atom stereocenters. The van der Waals surface area contributed by atoms with E-state index in [1.807, 2.05) is 6.08 Å². The van der Waals surface area contributed by atoms with Crippen molar-refractivity contribution in [2.75, 3.05) is 6.61 Å². The molecule has 1 aliphatic heterocycles. The van der Waals surface area contributed by atoms with Crippen molar-refractivity contribution < 1.29 is 29.3 Å². The molecule has 4 unspecified atom stereocenters. The van der Waals surface area contributed by atoms with Crippen LogP contribution in [0.3, 0.4) is 0 Å². The first kappa shape index (κ1) is 23.1. The van der Waals surface area contributed by atoms with Crippen LogP contribution in [0.4, 0.5) is 0 Å². The van der Waals surface area contributed by atoms with E-state index in [2.05, 4.69) is 13.8 Å². The van der Waals surface area contributed by atoms with Crippen LogP contribution in [0, 0.1) is 34.5 Å². The number of ketones is 2. The van der Waals surface area contributed by atoms with Crippen molar-refractivity contribution in [3.05, 3.63) is 23.8 Å². The number of hydrogen-bond acceptors (Lipinski definition) is 6. The number of fused-ring (bicyclic) bond motifs is 7. The predicted molar refractivity (Wildman–Crippen MR) is 125 cm³/mol. The minimum Gasteiger partial charge on any atom is -0.393 e. The lowest BCUT2D eigenvalue weighted by molar-refractivity contribution is -0.209. The molecule has 1 saturated heterocycles. The Kier molecular flexibility index (Phi) is 5.31. The predicted octanol–water partition coefficient (Wildman–Crippen LogP) is 3.50. The molecule has 0 bridgehead atoms. The van der Waals surface area contributed by atoms with Gasteiger partial charge in [-0.2, -0.15) is 0 Å². The van der Waals surface area contributed by atoms with E-state index >= 15 is 0 Å². The maximum atomic E-state index is 13.5. The Balaban J connectivity index is 1.37. The molecule has 0 spiro atoms. The van der Waals surface area contributed by atoms with Crippen LogP contribution >= 0.6 is 0 Å². The zero-order valence-corrected chi connectivity index (χ0v) is 20.4. The lowest BCUT2D eigenvalue weighted by Crippen LogP contribution is -2.63. The van der Waals surface area contributed by atoms with Crippen molar-refractivity contribution in [2.24, 2.45) is 34.5 Å². The lowest BCUT2D eigenvalue weighted by Gasteiger charge is -2.59. The van der Waals surface area contributed by atoms with Crippen molar-refractivity contribution in [3.8, 4) is 0 Å². The van der Waals surface area contributed by atoms with E-state index in [4.69, 9.17) is 9.47 Å². The van der Waals surface area contributed by atoms with Crippen LogP contribution in [0.5, 0.6) is 0 Å². The summed E-state index contributed by atoms with van der Waals surface area (Å²) in [7, 11) is 0. The molecule has 1 heterocycles. The van der Waals surface area contributed by atoms with E-state index in [1.54, 1.807) is 12.2 Å². The molecule has 0 amide bonds. The van der Waals surface area contributed by atoms with Crippen LogP contribution in [-0.4, -0.2) is 52.5 Å². The third kappa shape index (κ3) is 2.89. The minimum absolute atomic E-state index is 0.0100. The van der Waals surface area contributed by atoms with Crippen LogP contribution in [0.25, 0.3) is 0 Å². The monoisotopic (exact) mass is 470 g/mol. The van der Waals surface area contributed by atoms with E-state index < -0.39 is 30.0 Å². The number of hydrogen-bond donors (Lipinski definition) is 2. The van der Waals surface area contributed by atoms with E-state index in [9.17, 15) is 19.8 Å². The molecule has 5 fully saturated rings. The van der Waals surface area contributed by atoms with Crippen LogP contribution in [0.2, 0.25) is 0 Å². The van der Waals surface area contributed by atoms with Gasteiger partial charge in [-0.3, -0.25) is 9.59 Å². The molecule has 6 nitrogen and oxygen atoms in total. The van der Waals surface area contributed by atoms with Gasteiger partial charge in [0.15, 0.2) is 23.5 Å². The standard InChI is InChI=1S/C28H38O6/c1-26-11-10-18(30)12-17(26)8-9-19-20-13-23-28(22(32)15-29,27(20,2)14-21(31)24(19)26)34-25(33-23)16-6-4-3-5-7-16/h10-12,16,19-21,23-25,29,31H,3-9,13-15H2,1-2H3/t19?,20?,21-,23+,24?,25?,26-,27-,28+/m0/s1. The molecular formula is C28H38O6. The topological polar surface area (TPSA) is 93.1 Å². The molecule has 6 rings (SSSR count). The van der Waals surface area contributed by atoms with Gasteiger partial charge in [0, 0.05) is 22.7 Å². The number of aliphatic hydroxyl groups is 2. The average Bonchev–Trinajstić information content (AvgIpc) is 3.32. The lowest BCUT2D eigenvalue weighted by atomic mass is 9.46. The molecule has 0 aromatic carbocycles. The van der Waals surface area contributed by atoms with E-state index in [-0.39, 0.29) is 46.8 Å². The number of aliphatic hydroxyl groups excluding tert-OH is 2. The summed E-state index contributed by atoms with van der Waals surface area (Å²) in [5.41, 5.74) is -1.04. The summed E-state index contributed by atoms with van der Waals surface area (Å²) >= 11 is 0. The Bertz CT molecular complexity index is 949. The molecule has 4 saturated carbocycles. The molecule has 5 aliphatic carbocycles. The first-order valence-electron chi connectivity index (χ1n) is 13.3. The summed E-state index contributed by atoms with van der Waals surface area (Å²) in [6.07, 6.45) is 12.5. The van der Waals surface area contributed by atoms with E-state index in [1.165, 1.54) is 6.42 Å². The van der Waals surface area contributed by atoms with Gasteiger partial charge >= 0.3 is 0 Å². The highest BCUT2D eigenvalue weighted by atomic mass is 16.7. The van der Waals surface area contributed by atoms with Crippen LogP contribution in [0.15, 0.2) is 23.8 Å². The number of rotatable bonds is 3. The third-order valence-corrected chi connectivity index (χ3v) is 10.8. The highest BCUT2D eigenvalue weighted by Crippen LogP contribution is 2.70. The fourth-order valence-corrected chi connectivity index (χ4v) is 9.33. The Morgan fingerprint density at radius 2 is 1.94 bits per heavy atom. The average molecular weight is 471 g/mol. The summed E-state index contributed by atoms with van der Waals surface area (Å²) < 4.78 is 13.3. The summed E-state index contributed by atoms with van der Waals surface area (Å²) in [6, 6.07) is 0. The molecular weight excluding hydrogens is 432 g/mol. The normalized spacial score (nSPS) is 50.2. The molecule has 0 aromatic heterocycles. The Morgan fingerprint density at radius 1 is 1.18 bits per heavy atom. The molecule has 186 valence electrons. The van der Waals surface area contributed by atoms with Crippen molar-refractivity contribution in [2.45, 2.75) is 95.7 Å². The smallest absolute Gasteiger partial charge is 0.193 e. The van der Waals surface area contributed by atoms with Gasteiger partial charge in [0.1, 0.15) is 6.61 Å². The van der Waals surface area contributed by atoms with Crippen LogP contribution < -0.4 is 0 Å². The highest BCUT2D eigenvalue weighted by molar-refractivity contribution is 6.01. The summed E-state index contributed by atoms with van der Waals surface area (Å²) in [4.78, 5) is 25.6. The van der Waals surface area contributed by atoms with Gasteiger partial charge in [0.2, 0.25) is 0 Å². The van der Waals surface area contributed by atoms with Gasteiger partial charge in [-0.25, -0.2) is 0 Å². The SMILES string of the molecule is C[C@]12C=CC(=O)C=C1CCC1C2[C@@H](O)C[C@@]2(C)C1C[C@H]1OC(C3CCCCC3)O[C@]12C(=O)CO. The van der Waals surface area contributed by atoms with Gasteiger partial charge in [-0.15, -0.1) is 0 Å². The molecule has 6 heteroatoms. The number of carbonyl (C=O) groups excluding carboxylic acids is 2. The molecule has 0 aromatic rings. The summed E-state index contributed by atoms with van der Waals surface area (Å²) in [6.45, 7) is 3.69. The summed E-state index contributed by atoms with van der Waals surface area (Å²) in [5, 5.41) is 21.7. The highest BCUT2D eigenvalue weighted by Gasteiger charge is 2.76. The largest absolute Gasteiger partial charge is 0.393 e. The first-order chi connectivity index (χ1) is 16.2. The number of carbonyl (C=O) groups is 2. The van der Waals surface area contributed by atoms with Crippen molar-refractivity contribution in [1.82, 2.24) is 0 Å². The van der Waals surface area contributed by atoms with Gasteiger partial charge < -0.3 is 19.7 Å². The second-order valence-corrected chi connectivity index (χ2v) is 12.3. The zero-order chi connectivity index (χ0) is 23.9. The maximum Gasteiger partial charge on any atom is 0.193 e. The van der Waals surface area contributed by atoms with Gasteiger partial charge in [0.05, 0.1) is 12.2 Å². The number of allylic oxidation sites excluding steroid dienone is 4. The van der Waals surface area contributed by atoms with Crippen molar-refractivity contribution >= 4 is 11.6 Å². The second-order valence-electron chi connectivity index (χ2n) is 12.3. The first-order valence-corrected chi connectivity index (χ1v) is 13.3. The quantitative estimate of drug-likeness (QED) is 0.656. The number of ether oxygens (including phenoxy) is 2. The third-order valence-electron chi connectivity index (χ3n) is 10.8. The Labute approximate surface area is 201 Å². The molecule has 2 N–H and O–H groups in total. The van der Waals surface area contributed by atoms with Crippen molar-refractivity contribution in [1.29, 1.82) is 0 Å². The maximum absolute atomic E-state index is 13.5. The van der Waals surface area contributed by atoms with Gasteiger partial charge in [0.25, 0.3) is 0 Å². The molecule has 0 radical (unpaired) electrons. The zero-order valence-electron chi connectivity index (χ0n) is 20.4. The Hall–Kier alpha value is -1.34. The second kappa shape index (κ2) is 7.83. The van der Waals surface area contributed by atoms with E-state index in [0.29, 0.717) is 6.42 Å². The van der Waals surface area contributed by atoms with E-state index in [0.717, 1.165) is 50.5 Å². The minimum atomic E-state index is -1.20. The van der Waals surface area contributed by atoms with Crippen LogP contribution in [0.1, 0.15) is 71.6 Å². The number of Topliss-reactive ketones (excluding diaryl/α,β-unsaturated/α-hetero) is 1. The van der Waals surface area contributed by atoms with Crippen molar-refractivity contribution in [3.63, 3.8) is 0 Å². The fraction of sp³-hybridized carbons (Fsp3) is 0.786. The Morgan fingerprint density at radius 3 is 2.68 bits per heavy atom. The van der Waals surface area contributed by atoms with Gasteiger partial charge in [-0.05, 0) is 62.5 Å². The van der Waals surface area contributed by atoms with Gasteiger partial charge in [-0.1, -0.05) is 44.8 Å². The van der Waals surface area contributed by atoms with Crippen LogP contribution in [-0.2, 0) is 19.1 Å².